The third-order valence-corrected chi connectivity index (χ3v) is 3.38. The molecule has 0 atom stereocenters. The van der Waals surface area contributed by atoms with Crippen molar-refractivity contribution in [1.82, 2.24) is 0 Å². The summed E-state index contributed by atoms with van der Waals surface area (Å²) in [4.78, 5) is 22.5. The van der Waals surface area contributed by atoms with Crippen LogP contribution >= 0.6 is 15.9 Å². The third-order valence-electron chi connectivity index (χ3n) is 2.76. The van der Waals surface area contributed by atoms with E-state index in [0.717, 1.165) is 0 Å². The molecule has 5 heteroatoms. The fourth-order valence-corrected chi connectivity index (χ4v) is 2.23. The number of amides is 1. The van der Waals surface area contributed by atoms with Gasteiger partial charge in [-0.1, -0.05) is 12.1 Å². The second-order valence-corrected chi connectivity index (χ2v) is 5.34. The first-order chi connectivity index (χ1) is 9.97. The minimum Gasteiger partial charge on any atom is -0.454 e. The van der Waals surface area contributed by atoms with E-state index >= 15 is 0 Å². The zero-order valence-electron chi connectivity index (χ0n) is 11.6. The number of ketones is 1. The van der Waals surface area contributed by atoms with Gasteiger partial charge in [-0.2, -0.15) is 0 Å². The quantitative estimate of drug-likeness (QED) is 0.833. The van der Waals surface area contributed by atoms with E-state index in [2.05, 4.69) is 21.2 Å². The summed E-state index contributed by atoms with van der Waals surface area (Å²) in [5.74, 6) is 0.916. The Bertz CT molecular complexity index is 698. The Kier molecular flexibility index (Phi) is 4.75. The lowest BCUT2D eigenvalue weighted by atomic mass is 10.1. The highest BCUT2D eigenvalue weighted by Gasteiger charge is 2.10. The fraction of sp³-hybridized carbons (Fsp3) is 0.125. The fourth-order valence-electron chi connectivity index (χ4n) is 1.77. The van der Waals surface area contributed by atoms with Crippen LogP contribution in [0.1, 0.15) is 24.2 Å². The van der Waals surface area contributed by atoms with Crippen LogP contribution in [0, 0.1) is 0 Å². The Morgan fingerprint density at radius 2 is 1.76 bits per heavy atom. The van der Waals surface area contributed by atoms with Crippen molar-refractivity contribution in [3.05, 3.63) is 52.5 Å². The standard InChI is InChI=1S/C16H14BrNO3/c1-10(19)12-7-8-15(13(17)9-12)21-16-6-4-3-5-14(16)18-11(2)20/h3-9H,1-2H3,(H,18,20). The molecule has 0 aliphatic rings. The van der Waals surface area contributed by atoms with Crippen molar-refractivity contribution in [2.45, 2.75) is 13.8 Å². The molecular weight excluding hydrogens is 334 g/mol. The van der Waals surface area contributed by atoms with Crippen LogP contribution in [0.4, 0.5) is 5.69 Å². The molecule has 4 nitrogen and oxygen atoms in total. The second kappa shape index (κ2) is 6.54. The van der Waals surface area contributed by atoms with Crippen LogP contribution in [0.3, 0.4) is 0 Å². The van der Waals surface area contributed by atoms with Gasteiger partial charge in [-0.15, -0.1) is 0 Å². The first-order valence-corrected chi connectivity index (χ1v) is 7.11. The average Bonchev–Trinajstić information content (AvgIpc) is 2.42. The van der Waals surface area contributed by atoms with Crippen LogP contribution in [0.25, 0.3) is 0 Å². The zero-order chi connectivity index (χ0) is 15.4. The Morgan fingerprint density at radius 3 is 2.38 bits per heavy atom. The number of ether oxygens (including phenoxy) is 1. The highest BCUT2D eigenvalue weighted by Crippen LogP contribution is 2.34. The van der Waals surface area contributed by atoms with Crippen molar-refractivity contribution in [2.24, 2.45) is 0 Å². The van der Waals surface area contributed by atoms with Gasteiger partial charge in [0.05, 0.1) is 10.2 Å². The van der Waals surface area contributed by atoms with E-state index in [-0.39, 0.29) is 11.7 Å². The van der Waals surface area contributed by atoms with Crippen molar-refractivity contribution >= 4 is 33.3 Å². The maximum atomic E-state index is 11.3. The predicted molar refractivity (Wildman–Crippen MR) is 85.0 cm³/mol. The summed E-state index contributed by atoms with van der Waals surface area (Å²) in [5, 5.41) is 2.71. The maximum Gasteiger partial charge on any atom is 0.221 e. The summed E-state index contributed by atoms with van der Waals surface area (Å²) in [7, 11) is 0. The van der Waals surface area contributed by atoms with Gasteiger partial charge in [0.15, 0.2) is 11.5 Å². The summed E-state index contributed by atoms with van der Waals surface area (Å²) in [6.45, 7) is 2.95. The molecule has 0 aliphatic heterocycles. The van der Waals surface area contributed by atoms with E-state index in [1.807, 2.05) is 12.1 Å². The maximum absolute atomic E-state index is 11.3. The van der Waals surface area contributed by atoms with Gasteiger partial charge in [-0.3, -0.25) is 9.59 Å². The monoisotopic (exact) mass is 347 g/mol. The molecule has 2 aromatic rings. The van der Waals surface area contributed by atoms with E-state index in [9.17, 15) is 9.59 Å². The van der Waals surface area contributed by atoms with Gasteiger partial charge < -0.3 is 10.1 Å². The highest BCUT2D eigenvalue weighted by atomic mass is 79.9. The van der Waals surface area contributed by atoms with Gasteiger partial charge in [0, 0.05) is 12.5 Å². The molecule has 0 bridgehead atoms. The van der Waals surface area contributed by atoms with Gasteiger partial charge in [0.25, 0.3) is 0 Å². The molecule has 0 unspecified atom stereocenters. The summed E-state index contributed by atoms with van der Waals surface area (Å²) in [6.07, 6.45) is 0. The Labute approximate surface area is 131 Å². The molecule has 0 radical (unpaired) electrons. The molecule has 0 aliphatic carbocycles. The lowest BCUT2D eigenvalue weighted by Crippen LogP contribution is -2.06. The van der Waals surface area contributed by atoms with E-state index in [1.165, 1.54) is 13.8 Å². The van der Waals surface area contributed by atoms with E-state index in [4.69, 9.17) is 4.74 Å². The molecule has 0 aromatic heterocycles. The van der Waals surface area contributed by atoms with Crippen molar-refractivity contribution < 1.29 is 14.3 Å². The molecule has 0 heterocycles. The normalized spacial score (nSPS) is 10.0. The van der Waals surface area contributed by atoms with Gasteiger partial charge >= 0.3 is 0 Å². The number of hydrogen-bond acceptors (Lipinski definition) is 3. The number of carbonyl (C=O) groups excluding carboxylic acids is 2. The zero-order valence-corrected chi connectivity index (χ0v) is 13.2. The van der Waals surface area contributed by atoms with Crippen molar-refractivity contribution in [3.8, 4) is 11.5 Å². The predicted octanol–water partition coefficient (Wildman–Crippen LogP) is 4.40. The molecule has 21 heavy (non-hydrogen) atoms. The number of rotatable bonds is 4. The van der Waals surface area contributed by atoms with Gasteiger partial charge in [-0.05, 0) is 53.2 Å². The number of hydrogen-bond donors (Lipinski definition) is 1. The number of anilines is 1. The molecule has 2 aromatic carbocycles. The van der Waals surface area contributed by atoms with Crippen LogP contribution in [0.2, 0.25) is 0 Å². The van der Waals surface area contributed by atoms with Crippen LogP contribution in [-0.2, 0) is 4.79 Å². The van der Waals surface area contributed by atoms with Crippen LogP contribution in [0.15, 0.2) is 46.9 Å². The van der Waals surface area contributed by atoms with E-state index < -0.39 is 0 Å². The molecule has 0 fully saturated rings. The van der Waals surface area contributed by atoms with Crippen LogP contribution in [-0.4, -0.2) is 11.7 Å². The summed E-state index contributed by atoms with van der Waals surface area (Å²) >= 11 is 3.38. The molecule has 2 rings (SSSR count). The minimum atomic E-state index is -0.169. The highest BCUT2D eigenvalue weighted by molar-refractivity contribution is 9.10. The van der Waals surface area contributed by atoms with Crippen LogP contribution < -0.4 is 10.1 Å². The number of carbonyl (C=O) groups is 2. The minimum absolute atomic E-state index is 0.0131. The van der Waals surface area contributed by atoms with Crippen molar-refractivity contribution in [2.75, 3.05) is 5.32 Å². The summed E-state index contributed by atoms with van der Waals surface area (Å²) in [5.41, 5.74) is 1.19. The number of benzene rings is 2. The van der Waals surface area contributed by atoms with Gasteiger partial charge in [0.2, 0.25) is 5.91 Å². The first-order valence-electron chi connectivity index (χ1n) is 6.32. The molecule has 0 saturated heterocycles. The van der Waals surface area contributed by atoms with Crippen LogP contribution in [0.5, 0.6) is 11.5 Å². The van der Waals surface area contributed by atoms with Gasteiger partial charge in [-0.25, -0.2) is 0 Å². The Hall–Kier alpha value is -2.14. The second-order valence-electron chi connectivity index (χ2n) is 4.48. The Balaban J connectivity index is 2.30. The summed E-state index contributed by atoms with van der Waals surface area (Å²) in [6, 6.07) is 12.3. The molecular formula is C16H14BrNO3. The molecule has 1 N–H and O–H groups in total. The van der Waals surface area contributed by atoms with E-state index in [0.29, 0.717) is 27.2 Å². The number of halogens is 1. The Morgan fingerprint density at radius 1 is 1.05 bits per heavy atom. The lowest BCUT2D eigenvalue weighted by Gasteiger charge is -2.12. The number of Topliss-reactive ketones (excluding diaryl/α,β-unsaturated/α-hetero) is 1. The van der Waals surface area contributed by atoms with Gasteiger partial charge in [0.1, 0.15) is 5.75 Å². The first kappa shape index (κ1) is 15.3. The smallest absolute Gasteiger partial charge is 0.221 e. The molecule has 1 amide bonds. The molecule has 0 saturated carbocycles. The van der Waals surface area contributed by atoms with Crippen molar-refractivity contribution in [3.63, 3.8) is 0 Å². The summed E-state index contributed by atoms with van der Waals surface area (Å²) < 4.78 is 6.48. The third kappa shape index (κ3) is 3.92. The number of nitrogens with one attached hydrogen (secondary N) is 1. The average molecular weight is 348 g/mol. The number of para-hydroxylation sites is 2. The van der Waals surface area contributed by atoms with E-state index in [1.54, 1.807) is 30.3 Å². The largest absolute Gasteiger partial charge is 0.454 e. The molecule has 108 valence electrons. The molecule has 0 spiro atoms. The van der Waals surface area contributed by atoms with Crippen molar-refractivity contribution in [1.29, 1.82) is 0 Å². The topological polar surface area (TPSA) is 55.4 Å². The lowest BCUT2D eigenvalue weighted by molar-refractivity contribution is -0.114. The SMILES string of the molecule is CC(=O)Nc1ccccc1Oc1ccc(C(C)=O)cc1Br.